The Morgan fingerprint density at radius 2 is 1.94 bits per heavy atom. The van der Waals surface area contributed by atoms with Gasteiger partial charge in [0.05, 0.1) is 6.04 Å². The molecule has 0 radical (unpaired) electrons. The first-order chi connectivity index (χ1) is 15.7. The summed E-state index contributed by atoms with van der Waals surface area (Å²) in [7, 11) is 0. The summed E-state index contributed by atoms with van der Waals surface area (Å²) in [6, 6.07) is 5.16. The number of benzene rings is 1. The average molecular weight is 459 g/mol. The number of rotatable bonds is 10. The smallest absolute Gasteiger partial charge is 0.326 e. The van der Waals surface area contributed by atoms with E-state index in [-0.39, 0.29) is 42.4 Å². The molecular formula is C20H25N7O6. The van der Waals surface area contributed by atoms with E-state index < -0.39 is 23.9 Å². The second-order valence-corrected chi connectivity index (χ2v) is 7.51. The van der Waals surface area contributed by atoms with E-state index in [2.05, 4.69) is 31.2 Å². The molecule has 1 amide bonds. The Hall–Kier alpha value is -4.29. The molecule has 0 saturated heterocycles. The molecule has 2 atom stereocenters. The van der Waals surface area contributed by atoms with Crippen LogP contribution < -0.4 is 32.6 Å². The molecule has 0 spiro atoms. The van der Waals surface area contributed by atoms with Gasteiger partial charge in [0.25, 0.3) is 11.5 Å². The summed E-state index contributed by atoms with van der Waals surface area (Å²) in [5.41, 5.74) is 6.47. The Morgan fingerprint density at radius 3 is 2.61 bits per heavy atom. The van der Waals surface area contributed by atoms with E-state index in [9.17, 15) is 24.3 Å². The number of anilines is 4. The van der Waals surface area contributed by atoms with Crippen molar-refractivity contribution in [2.24, 2.45) is 0 Å². The highest BCUT2D eigenvalue weighted by Crippen LogP contribution is 2.20. The zero-order chi connectivity index (χ0) is 24.0. The number of hydrogen-bond acceptors (Lipinski definition) is 9. The molecule has 0 fully saturated rings. The van der Waals surface area contributed by atoms with E-state index in [1.165, 1.54) is 0 Å². The summed E-state index contributed by atoms with van der Waals surface area (Å²) < 4.78 is 0. The van der Waals surface area contributed by atoms with Crippen LogP contribution in [-0.4, -0.2) is 63.2 Å². The minimum Gasteiger partial charge on any atom is -0.481 e. The van der Waals surface area contributed by atoms with Gasteiger partial charge >= 0.3 is 11.9 Å². The minimum absolute atomic E-state index is 0.0174. The molecule has 0 aliphatic carbocycles. The standard InChI is InChI=1S/C20H25N7O6/c21-20-26-16-15(18(31)27-20)24-12(9-23-16)8-22-11-6-4-10(5-7-11)17(30)25-13(19(32)33)2-1-3-14(28)29/h4-7,12-13,22,24H,1-3,8-9H2,(H,25,30)(H,28,29)(H,32,33)(H4,21,23,26,27,31). The fourth-order valence-corrected chi connectivity index (χ4v) is 3.29. The fourth-order valence-electron chi connectivity index (χ4n) is 3.29. The summed E-state index contributed by atoms with van der Waals surface area (Å²) in [6.07, 6.45) is -0.0152. The summed E-state index contributed by atoms with van der Waals surface area (Å²) in [4.78, 5) is 52.8. The van der Waals surface area contributed by atoms with Gasteiger partial charge in [-0.15, -0.1) is 0 Å². The zero-order valence-electron chi connectivity index (χ0n) is 17.6. The molecule has 1 aromatic carbocycles. The summed E-state index contributed by atoms with van der Waals surface area (Å²) in [5, 5.41) is 29.7. The first kappa shape index (κ1) is 23.4. The van der Waals surface area contributed by atoms with Gasteiger partial charge in [-0.05, 0) is 37.1 Å². The van der Waals surface area contributed by atoms with E-state index in [0.717, 1.165) is 5.69 Å². The normalized spacial score (nSPS) is 15.3. The van der Waals surface area contributed by atoms with Gasteiger partial charge in [-0.1, -0.05) is 0 Å². The Bertz CT molecular complexity index is 1090. The number of carbonyl (C=O) groups excluding carboxylic acids is 1. The number of nitrogens with zero attached hydrogens (tertiary/aromatic N) is 1. The molecule has 2 aromatic rings. The molecule has 1 aliphatic heterocycles. The number of nitrogen functional groups attached to an aromatic ring is 1. The van der Waals surface area contributed by atoms with Gasteiger partial charge in [-0.25, -0.2) is 4.79 Å². The second kappa shape index (κ2) is 10.3. The van der Waals surface area contributed by atoms with Crippen LogP contribution >= 0.6 is 0 Å². The maximum atomic E-state index is 12.4. The highest BCUT2D eigenvalue weighted by atomic mass is 16.4. The summed E-state index contributed by atoms with van der Waals surface area (Å²) >= 11 is 0. The van der Waals surface area contributed by atoms with E-state index >= 15 is 0 Å². The molecule has 13 heteroatoms. The molecule has 176 valence electrons. The minimum atomic E-state index is -1.22. The third-order valence-corrected chi connectivity index (χ3v) is 4.99. The number of carboxylic acid groups (broad SMARTS) is 2. The number of aliphatic carboxylic acids is 2. The maximum absolute atomic E-state index is 12.4. The van der Waals surface area contributed by atoms with E-state index in [1.54, 1.807) is 24.3 Å². The number of H-pyrrole nitrogens is 1. The first-order valence-electron chi connectivity index (χ1n) is 10.2. The van der Waals surface area contributed by atoms with Crippen LogP contribution in [0.1, 0.15) is 29.6 Å². The number of carbonyl (C=O) groups is 3. The van der Waals surface area contributed by atoms with Crippen molar-refractivity contribution < 1.29 is 24.6 Å². The van der Waals surface area contributed by atoms with Crippen molar-refractivity contribution in [3.8, 4) is 0 Å². The molecule has 13 nitrogen and oxygen atoms in total. The Balaban J connectivity index is 1.52. The number of amides is 1. The number of aromatic amines is 1. The third kappa shape index (κ3) is 6.35. The molecular weight excluding hydrogens is 434 g/mol. The van der Waals surface area contributed by atoms with Crippen molar-refractivity contribution in [1.82, 2.24) is 15.3 Å². The molecule has 2 unspecified atom stereocenters. The van der Waals surface area contributed by atoms with Crippen molar-refractivity contribution in [2.45, 2.75) is 31.3 Å². The SMILES string of the molecule is Nc1nc2c(c(=O)[nH]1)NC(CNc1ccc(C(=O)NC(CCCC(=O)O)C(=O)O)cc1)CN2. The monoisotopic (exact) mass is 459 g/mol. The van der Waals surface area contributed by atoms with Gasteiger partial charge in [-0.3, -0.25) is 19.4 Å². The molecule has 9 N–H and O–H groups in total. The van der Waals surface area contributed by atoms with E-state index in [1.807, 2.05) is 0 Å². The van der Waals surface area contributed by atoms with Gasteiger partial charge < -0.3 is 37.2 Å². The quantitative estimate of drug-likeness (QED) is 0.239. The lowest BCUT2D eigenvalue weighted by Gasteiger charge is -2.27. The number of carboxylic acids is 2. The lowest BCUT2D eigenvalue weighted by molar-refractivity contribution is -0.140. The Kier molecular flexibility index (Phi) is 7.33. The third-order valence-electron chi connectivity index (χ3n) is 4.99. The molecule has 1 aliphatic rings. The molecule has 0 bridgehead atoms. The second-order valence-electron chi connectivity index (χ2n) is 7.51. The van der Waals surface area contributed by atoms with E-state index in [0.29, 0.717) is 24.6 Å². The molecule has 2 heterocycles. The largest absolute Gasteiger partial charge is 0.481 e. The number of hydrogen-bond donors (Lipinski definition) is 8. The Labute approximate surface area is 187 Å². The van der Waals surface area contributed by atoms with Crippen molar-refractivity contribution in [2.75, 3.05) is 34.8 Å². The van der Waals surface area contributed by atoms with Gasteiger partial charge in [0, 0.05) is 30.8 Å². The van der Waals surface area contributed by atoms with Gasteiger partial charge in [0.1, 0.15) is 11.7 Å². The van der Waals surface area contributed by atoms with Crippen molar-refractivity contribution >= 4 is 41.0 Å². The van der Waals surface area contributed by atoms with E-state index in [4.69, 9.17) is 10.8 Å². The fraction of sp³-hybridized carbons (Fsp3) is 0.350. The summed E-state index contributed by atoms with van der Waals surface area (Å²) in [5.74, 6) is -2.39. The predicted molar refractivity (Wildman–Crippen MR) is 120 cm³/mol. The molecule has 1 aromatic heterocycles. The maximum Gasteiger partial charge on any atom is 0.326 e. The van der Waals surface area contributed by atoms with Gasteiger partial charge in [0.15, 0.2) is 5.82 Å². The van der Waals surface area contributed by atoms with Crippen LogP contribution in [0, 0.1) is 0 Å². The van der Waals surface area contributed by atoms with Crippen LogP contribution in [0.2, 0.25) is 0 Å². The van der Waals surface area contributed by atoms with Crippen LogP contribution in [0.3, 0.4) is 0 Å². The summed E-state index contributed by atoms with van der Waals surface area (Å²) in [6.45, 7) is 0.974. The van der Waals surface area contributed by atoms with Gasteiger partial charge in [0.2, 0.25) is 5.95 Å². The number of nitrogens with two attached hydrogens (primary N) is 1. The molecule has 33 heavy (non-hydrogen) atoms. The molecule has 3 rings (SSSR count). The zero-order valence-corrected chi connectivity index (χ0v) is 17.6. The topological polar surface area (TPSA) is 212 Å². The van der Waals surface area contributed by atoms with Crippen LogP contribution in [-0.2, 0) is 9.59 Å². The Morgan fingerprint density at radius 1 is 1.21 bits per heavy atom. The number of nitrogens with one attached hydrogen (secondary N) is 5. The highest BCUT2D eigenvalue weighted by molar-refractivity contribution is 5.96. The first-order valence-corrected chi connectivity index (χ1v) is 10.2. The van der Waals surface area contributed by atoms with Crippen LogP contribution in [0.15, 0.2) is 29.1 Å². The van der Waals surface area contributed by atoms with Gasteiger partial charge in [-0.2, -0.15) is 4.98 Å². The van der Waals surface area contributed by atoms with Crippen molar-refractivity contribution in [3.05, 3.63) is 40.2 Å². The highest BCUT2D eigenvalue weighted by Gasteiger charge is 2.22. The van der Waals surface area contributed by atoms with Crippen LogP contribution in [0.4, 0.5) is 23.1 Å². The van der Waals surface area contributed by atoms with Crippen molar-refractivity contribution in [1.29, 1.82) is 0 Å². The van der Waals surface area contributed by atoms with Crippen molar-refractivity contribution in [3.63, 3.8) is 0 Å². The average Bonchev–Trinajstić information content (AvgIpc) is 2.77. The predicted octanol–water partition coefficient (Wildman–Crippen LogP) is 0.108. The van der Waals surface area contributed by atoms with Crippen LogP contribution in [0.25, 0.3) is 0 Å². The lowest BCUT2D eigenvalue weighted by Crippen LogP contribution is -2.41. The van der Waals surface area contributed by atoms with Crippen LogP contribution in [0.5, 0.6) is 0 Å². The molecule has 0 saturated carbocycles. The number of aromatic nitrogens is 2. The number of fused-ring (bicyclic) bond motifs is 1. The lowest BCUT2D eigenvalue weighted by atomic mass is 10.1.